The van der Waals surface area contributed by atoms with E-state index in [4.69, 9.17) is 9.47 Å². The number of hydrogen-bond donors (Lipinski definition) is 4. The maximum Gasteiger partial charge on any atom is 0.217 e. The van der Waals surface area contributed by atoms with Gasteiger partial charge in [-0.1, -0.05) is 19.3 Å². The lowest BCUT2D eigenvalue weighted by molar-refractivity contribution is -0.283. The monoisotopic (exact) mass is 303 g/mol. The maximum atomic E-state index is 11.3. The molecule has 1 aliphatic heterocycles. The van der Waals surface area contributed by atoms with E-state index in [-0.39, 0.29) is 12.0 Å². The molecular formula is C14H25NO6. The first kappa shape index (κ1) is 16.6. The van der Waals surface area contributed by atoms with Gasteiger partial charge < -0.3 is 30.1 Å². The van der Waals surface area contributed by atoms with Crippen LogP contribution in [-0.2, 0) is 14.3 Å². The summed E-state index contributed by atoms with van der Waals surface area (Å²) in [4.78, 5) is 11.3. The highest BCUT2D eigenvalue weighted by atomic mass is 16.7. The van der Waals surface area contributed by atoms with Gasteiger partial charge in [-0.25, -0.2) is 0 Å². The predicted molar refractivity (Wildman–Crippen MR) is 73.3 cm³/mol. The van der Waals surface area contributed by atoms with E-state index in [1.807, 2.05) is 0 Å². The number of carbonyl (C=O) groups excluding carboxylic acids is 1. The molecule has 0 aromatic carbocycles. The van der Waals surface area contributed by atoms with Crippen LogP contribution >= 0.6 is 0 Å². The van der Waals surface area contributed by atoms with Gasteiger partial charge in [0, 0.05) is 6.92 Å². The predicted octanol–water partition coefficient (Wildman–Crippen LogP) is -0.721. The summed E-state index contributed by atoms with van der Waals surface area (Å²) in [5, 5.41) is 31.9. The van der Waals surface area contributed by atoms with E-state index in [9.17, 15) is 20.1 Å². The van der Waals surface area contributed by atoms with Gasteiger partial charge in [-0.2, -0.15) is 0 Å². The van der Waals surface area contributed by atoms with E-state index in [1.54, 1.807) is 0 Å². The second-order valence-corrected chi connectivity index (χ2v) is 5.83. The zero-order valence-electron chi connectivity index (χ0n) is 12.3. The highest BCUT2D eigenvalue weighted by Gasteiger charge is 2.46. The van der Waals surface area contributed by atoms with Crippen LogP contribution in [0.2, 0.25) is 0 Å². The molecule has 7 heteroatoms. The first-order valence-electron chi connectivity index (χ1n) is 7.58. The van der Waals surface area contributed by atoms with Gasteiger partial charge >= 0.3 is 0 Å². The summed E-state index contributed by atoms with van der Waals surface area (Å²) in [6.07, 6.45) is 0.887. The van der Waals surface area contributed by atoms with Crippen LogP contribution in [0.4, 0.5) is 0 Å². The molecule has 7 nitrogen and oxygen atoms in total. The molecule has 5 atom stereocenters. The van der Waals surface area contributed by atoms with Crippen LogP contribution < -0.4 is 5.32 Å². The lowest BCUT2D eigenvalue weighted by Crippen LogP contribution is -2.65. The highest BCUT2D eigenvalue weighted by molar-refractivity contribution is 5.73. The van der Waals surface area contributed by atoms with E-state index in [0.717, 1.165) is 25.7 Å². The molecule has 0 aromatic rings. The van der Waals surface area contributed by atoms with Gasteiger partial charge in [0.15, 0.2) is 6.29 Å². The molecule has 21 heavy (non-hydrogen) atoms. The molecule has 0 radical (unpaired) electrons. The number of rotatable bonds is 4. The van der Waals surface area contributed by atoms with Gasteiger partial charge in [-0.05, 0) is 12.8 Å². The number of aliphatic hydroxyl groups is 3. The van der Waals surface area contributed by atoms with Crippen LogP contribution in [0.15, 0.2) is 0 Å². The molecule has 4 N–H and O–H groups in total. The Morgan fingerprint density at radius 3 is 2.48 bits per heavy atom. The van der Waals surface area contributed by atoms with Crippen molar-refractivity contribution >= 4 is 5.91 Å². The Labute approximate surface area is 124 Å². The van der Waals surface area contributed by atoms with Crippen molar-refractivity contribution < 1.29 is 29.6 Å². The van der Waals surface area contributed by atoms with Gasteiger partial charge in [0.1, 0.15) is 24.4 Å². The van der Waals surface area contributed by atoms with Crippen molar-refractivity contribution in [3.8, 4) is 0 Å². The van der Waals surface area contributed by atoms with Crippen LogP contribution in [0.3, 0.4) is 0 Å². The summed E-state index contributed by atoms with van der Waals surface area (Å²) in [5.74, 6) is -0.338. The zero-order valence-corrected chi connectivity index (χ0v) is 12.3. The van der Waals surface area contributed by atoms with Crippen molar-refractivity contribution in [2.75, 3.05) is 6.61 Å². The fourth-order valence-corrected chi connectivity index (χ4v) is 2.98. The first-order chi connectivity index (χ1) is 10.0. The largest absolute Gasteiger partial charge is 0.394 e. The number of aliphatic hydroxyl groups excluding tert-OH is 3. The van der Waals surface area contributed by atoms with Gasteiger partial charge in [-0.15, -0.1) is 0 Å². The lowest BCUT2D eigenvalue weighted by Gasteiger charge is -2.43. The van der Waals surface area contributed by atoms with Gasteiger partial charge in [0.05, 0.1) is 12.7 Å². The van der Waals surface area contributed by atoms with E-state index in [2.05, 4.69) is 5.32 Å². The Bertz CT molecular complexity index is 346. The average Bonchev–Trinajstić information content (AvgIpc) is 2.47. The molecule has 1 heterocycles. The molecule has 1 aliphatic carbocycles. The van der Waals surface area contributed by atoms with Crippen molar-refractivity contribution in [3.63, 3.8) is 0 Å². The minimum Gasteiger partial charge on any atom is -0.394 e. The molecule has 0 spiro atoms. The summed E-state index contributed by atoms with van der Waals surface area (Å²) in [6.45, 7) is 0.907. The molecular weight excluding hydrogens is 278 g/mol. The van der Waals surface area contributed by atoms with Crippen molar-refractivity contribution in [1.82, 2.24) is 5.32 Å². The molecule has 0 unspecified atom stereocenters. The number of amides is 1. The quantitative estimate of drug-likeness (QED) is 0.546. The van der Waals surface area contributed by atoms with Crippen LogP contribution in [0.25, 0.3) is 0 Å². The Balaban J connectivity index is 2.06. The van der Waals surface area contributed by atoms with Gasteiger partial charge in [0.25, 0.3) is 0 Å². The topological polar surface area (TPSA) is 108 Å². The number of nitrogens with one attached hydrogen (secondary N) is 1. The third-order valence-corrected chi connectivity index (χ3v) is 4.13. The third kappa shape index (κ3) is 4.14. The fraction of sp³-hybridized carbons (Fsp3) is 0.929. The Hall–Kier alpha value is -0.730. The standard InChI is InChI=1S/C14H25NO6/c1-8(17)15-11-13(19)12(18)10(7-16)21-14(11)20-9-5-3-2-4-6-9/h9-14,16,18-19H,2-7H2,1H3,(H,15,17)/t10-,11-,12+,13-,14-/m0/s1. The van der Waals surface area contributed by atoms with Crippen LogP contribution in [0, 0.1) is 0 Å². The first-order valence-corrected chi connectivity index (χ1v) is 7.58. The van der Waals surface area contributed by atoms with Gasteiger partial charge in [-0.3, -0.25) is 4.79 Å². The molecule has 2 rings (SSSR count). The Morgan fingerprint density at radius 2 is 1.90 bits per heavy atom. The molecule has 2 fully saturated rings. The summed E-state index contributed by atoms with van der Waals surface area (Å²) in [7, 11) is 0. The van der Waals surface area contributed by atoms with E-state index < -0.39 is 37.3 Å². The molecule has 2 aliphatic rings. The van der Waals surface area contributed by atoms with Crippen molar-refractivity contribution in [2.45, 2.75) is 75.8 Å². The number of ether oxygens (including phenoxy) is 2. The molecule has 122 valence electrons. The van der Waals surface area contributed by atoms with E-state index >= 15 is 0 Å². The molecule has 1 saturated carbocycles. The van der Waals surface area contributed by atoms with Crippen LogP contribution in [-0.4, -0.2) is 64.6 Å². The third-order valence-electron chi connectivity index (χ3n) is 4.13. The summed E-state index contributed by atoms with van der Waals surface area (Å²) < 4.78 is 11.4. The van der Waals surface area contributed by atoms with Crippen molar-refractivity contribution in [1.29, 1.82) is 0 Å². The normalized spacial score (nSPS) is 38.2. The maximum absolute atomic E-state index is 11.3. The number of hydrogen-bond acceptors (Lipinski definition) is 6. The number of carbonyl (C=O) groups is 1. The van der Waals surface area contributed by atoms with Crippen molar-refractivity contribution in [2.24, 2.45) is 0 Å². The zero-order chi connectivity index (χ0) is 15.4. The van der Waals surface area contributed by atoms with Crippen LogP contribution in [0.5, 0.6) is 0 Å². The average molecular weight is 303 g/mol. The smallest absolute Gasteiger partial charge is 0.217 e. The lowest BCUT2D eigenvalue weighted by atomic mass is 9.95. The fourth-order valence-electron chi connectivity index (χ4n) is 2.98. The highest BCUT2D eigenvalue weighted by Crippen LogP contribution is 2.27. The summed E-state index contributed by atoms with van der Waals surface area (Å²) in [6, 6.07) is -0.845. The Kier molecular flexibility index (Phi) is 5.95. The molecule has 0 aromatic heterocycles. The summed E-state index contributed by atoms with van der Waals surface area (Å²) in [5.41, 5.74) is 0. The minimum atomic E-state index is -1.27. The molecule has 0 bridgehead atoms. The van der Waals surface area contributed by atoms with Crippen molar-refractivity contribution in [3.05, 3.63) is 0 Å². The second kappa shape index (κ2) is 7.51. The van der Waals surface area contributed by atoms with Crippen LogP contribution in [0.1, 0.15) is 39.0 Å². The summed E-state index contributed by atoms with van der Waals surface area (Å²) >= 11 is 0. The van der Waals surface area contributed by atoms with E-state index in [1.165, 1.54) is 13.3 Å². The van der Waals surface area contributed by atoms with E-state index in [0.29, 0.717) is 0 Å². The Morgan fingerprint density at radius 1 is 1.24 bits per heavy atom. The van der Waals surface area contributed by atoms with Gasteiger partial charge in [0.2, 0.25) is 5.91 Å². The second-order valence-electron chi connectivity index (χ2n) is 5.83. The minimum absolute atomic E-state index is 0.0155. The SMILES string of the molecule is CC(=O)N[C@@H]1[C@@H](OC2CCCCC2)O[C@@H](CO)[C@@H](O)[C@H]1O. The molecule has 1 amide bonds. The molecule has 1 saturated heterocycles.